The molecule has 0 aromatic carbocycles. The molecule has 1 aliphatic rings. The summed E-state index contributed by atoms with van der Waals surface area (Å²) in [5.41, 5.74) is 2.67. The van der Waals surface area contributed by atoms with Gasteiger partial charge in [0.2, 0.25) is 0 Å². The quantitative estimate of drug-likeness (QED) is 0.293. The van der Waals surface area contributed by atoms with Crippen LogP contribution in [0, 0.1) is 18.3 Å². The second-order valence-electron chi connectivity index (χ2n) is 10.9. The molecule has 1 atom stereocenters. The first kappa shape index (κ1) is 27.3. The molecule has 1 fully saturated rings. The molecule has 0 radical (unpaired) electrons. The van der Waals surface area contributed by atoms with Crippen LogP contribution >= 0.6 is 0 Å². The van der Waals surface area contributed by atoms with Crippen molar-refractivity contribution in [3.8, 4) is 17.5 Å². The highest BCUT2D eigenvalue weighted by Gasteiger charge is 2.29. The zero-order valence-electron chi connectivity index (χ0n) is 22.7. The van der Waals surface area contributed by atoms with Crippen molar-refractivity contribution in [3.63, 3.8) is 0 Å². The molecular weight excluding hydrogens is 513 g/mol. The second-order valence-corrected chi connectivity index (χ2v) is 10.9. The monoisotopic (exact) mass is 545 g/mol. The van der Waals surface area contributed by atoms with E-state index in [-0.39, 0.29) is 18.2 Å². The van der Waals surface area contributed by atoms with Gasteiger partial charge in [-0.2, -0.15) is 10.4 Å². The minimum Gasteiger partial charge on any atom is -0.448 e. The van der Waals surface area contributed by atoms with Crippen molar-refractivity contribution >= 4 is 17.1 Å². The third-order valence-electron chi connectivity index (χ3n) is 7.49. The highest BCUT2D eigenvalue weighted by Crippen LogP contribution is 2.36. The average Bonchev–Trinajstić information content (AvgIpc) is 3.57. The molecule has 0 unspecified atom stereocenters. The van der Waals surface area contributed by atoms with E-state index in [1.54, 1.807) is 16.6 Å². The van der Waals surface area contributed by atoms with Crippen LogP contribution in [0.5, 0.6) is 0 Å². The van der Waals surface area contributed by atoms with Gasteiger partial charge in [0.25, 0.3) is 5.91 Å². The van der Waals surface area contributed by atoms with Crippen molar-refractivity contribution < 1.29 is 18.7 Å². The number of aromatic nitrogens is 4. The summed E-state index contributed by atoms with van der Waals surface area (Å²) in [5, 5.41) is 29.6. The van der Waals surface area contributed by atoms with Gasteiger partial charge in [-0.3, -0.25) is 9.78 Å². The normalized spacial score (nSPS) is 18.3. The molecule has 3 N–H and O–H groups in total. The van der Waals surface area contributed by atoms with E-state index in [0.717, 1.165) is 42.7 Å². The van der Waals surface area contributed by atoms with E-state index in [4.69, 9.17) is 4.42 Å². The van der Waals surface area contributed by atoms with Crippen molar-refractivity contribution in [2.24, 2.45) is 0 Å². The molecule has 0 aliphatic heterocycles. The molecule has 4 aromatic rings. The summed E-state index contributed by atoms with van der Waals surface area (Å²) < 4.78 is 21.7. The van der Waals surface area contributed by atoms with Crippen molar-refractivity contribution in [3.05, 3.63) is 65.6 Å². The zero-order chi connectivity index (χ0) is 28.4. The Kier molecular flexibility index (Phi) is 7.54. The Morgan fingerprint density at radius 1 is 1.25 bits per heavy atom. The number of hydrogen-bond donors (Lipinski definition) is 3. The maximum absolute atomic E-state index is 14.4. The number of pyridine rings is 1. The average molecular weight is 546 g/mol. The van der Waals surface area contributed by atoms with E-state index in [0.29, 0.717) is 28.6 Å². The molecule has 1 amide bonds. The number of nitrogens with one attached hydrogen (secondary N) is 2. The number of nitriles is 1. The highest BCUT2D eigenvalue weighted by molar-refractivity contribution is 6.00. The van der Waals surface area contributed by atoms with E-state index in [9.17, 15) is 19.6 Å². The van der Waals surface area contributed by atoms with Crippen molar-refractivity contribution in [1.82, 2.24) is 24.9 Å². The molecule has 0 bridgehead atoms. The molecule has 1 aliphatic carbocycles. The maximum Gasteiger partial charge on any atom is 0.255 e. The lowest BCUT2D eigenvalue weighted by Crippen LogP contribution is -2.42. The molecule has 40 heavy (non-hydrogen) atoms. The van der Waals surface area contributed by atoms with Crippen LogP contribution in [0.2, 0.25) is 0 Å². The molecule has 0 spiro atoms. The van der Waals surface area contributed by atoms with Gasteiger partial charge in [-0.05, 0) is 70.7 Å². The number of oxazole rings is 1. The standard InChI is InChI=1S/C29H32FN7O3/c1-17-27(40-16-34-17)19-4-6-20(7-5-19)36-23-11-24(25-9-8-21-10-18(12-31)13-35-37(21)25)32-14-22(23)28(38)33-15-26(30)29(2,3)39/h8-11,13-14,16,19-20,26,39H,4-7,15H2,1-3H3,(H,32,36)(H,33,38)/t19?,20?,26-/m1/s1. The van der Waals surface area contributed by atoms with Crippen LogP contribution < -0.4 is 10.6 Å². The zero-order valence-corrected chi connectivity index (χ0v) is 22.7. The van der Waals surface area contributed by atoms with Gasteiger partial charge < -0.3 is 20.2 Å². The Labute approximate surface area is 231 Å². The smallest absolute Gasteiger partial charge is 0.255 e. The third-order valence-corrected chi connectivity index (χ3v) is 7.49. The van der Waals surface area contributed by atoms with Gasteiger partial charge in [-0.15, -0.1) is 0 Å². The topological polar surface area (TPSA) is 141 Å². The molecule has 5 rings (SSSR count). The lowest BCUT2D eigenvalue weighted by Gasteiger charge is -2.29. The number of fused-ring (bicyclic) bond motifs is 1. The highest BCUT2D eigenvalue weighted by atomic mass is 19.1. The molecule has 0 saturated heterocycles. The summed E-state index contributed by atoms with van der Waals surface area (Å²) in [6.45, 7) is 4.34. The number of anilines is 1. The summed E-state index contributed by atoms with van der Waals surface area (Å²) in [4.78, 5) is 21.9. The molecular formula is C29H32FN7O3. The Bertz CT molecular complexity index is 1560. The van der Waals surface area contributed by atoms with Gasteiger partial charge in [0.05, 0.1) is 57.8 Å². The number of nitrogens with zero attached hydrogens (tertiary/aromatic N) is 5. The molecule has 208 valence electrons. The number of carbonyl (C=O) groups excluding carboxylic acids is 1. The summed E-state index contributed by atoms with van der Waals surface area (Å²) in [5.74, 6) is 0.747. The van der Waals surface area contributed by atoms with E-state index in [2.05, 4.69) is 31.8 Å². The summed E-state index contributed by atoms with van der Waals surface area (Å²) in [6.07, 6.45) is 6.36. The lowest BCUT2D eigenvalue weighted by molar-refractivity contribution is -0.00177. The van der Waals surface area contributed by atoms with Gasteiger partial charge in [0.15, 0.2) is 6.39 Å². The lowest BCUT2D eigenvalue weighted by atomic mass is 9.84. The second kappa shape index (κ2) is 11.1. The summed E-state index contributed by atoms with van der Waals surface area (Å²) >= 11 is 0. The molecule has 10 nitrogen and oxygen atoms in total. The number of alkyl halides is 1. The summed E-state index contributed by atoms with van der Waals surface area (Å²) in [6, 6.07) is 9.44. The van der Waals surface area contributed by atoms with Crippen molar-refractivity contribution in [2.45, 2.75) is 70.2 Å². The Morgan fingerprint density at radius 2 is 2.02 bits per heavy atom. The first-order chi connectivity index (χ1) is 19.1. The number of aryl methyl sites for hydroxylation is 1. The van der Waals surface area contributed by atoms with Gasteiger partial charge >= 0.3 is 0 Å². The van der Waals surface area contributed by atoms with E-state index in [1.165, 1.54) is 32.6 Å². The Balaban J connectivity index is 1.41. The van der Waals surface area contributed by atoms with E-state index < -0.39 is 17.7 Å². The predicted molar refractivity (Wildman–Crippen MR) is 147 cm³/mol. The molecule has 1 saturated carbocycles. The van der Waals surface area contributed by atoms with E-state index >= 15 is 0 Å². The van der Waals surface area contributed by atoms with Crippen molar-refractivity contribution in [2.75, 3.05) is 11.9 Å². The number of rotatable bonds is 8. The fourth-order valence-corrected chi connectivity index (χ4v) is 5.10. The third kappa shape index (κ3) is 5.67. The minimum atomic E-state index is -1.63. The van der Waals surface area contributed by atoms with Gasteiger partial charge in [-0.1, -0.05) is 0 Å². The van der Waals surface area contributed by atoms with Crippen LogP contribution in [0.4, 0.5) is 10.1 Å². The number of aliphatic hydroxyl groups is 1. The first-order valence-electron chi connectivity index (χ1n) is 13.3. The van der Waals surface area contributed by atoms with Crippen molar-refractivity contribution in [1.29, 1.82) is 5.26 Å². The van der Waals surface area contributed by atoms with Crippen LogP contribution in [0.3, 0.4) is 0 Å². The predicted octanol–water partition coefficient (Wildman–Crippen LogP) is 4.54. The van der Waals surface area contributed by atoms with Crippen LogP contribution in [0.1, 0.15) is 72.8 Å². The fraction of sp³-hybridized carbons (Fsp3) is 0.414. The minimum absolute atomic E-state index is 0.104. The van der Waals surface area contributed by atoms with Gasteiger partial charge in [0, 0.05) is 18.2 Å². The first-order valence-corrected chi connectivity index (χ1v) is 13.3. The van der Waals surface area contributed by atoms with Gasteiger partial charge in [-0.25, -0.2) is 13.9 Å². The van der Waals surface area contributed by atoms with Crippen LogP contribution in [0.15, 0.2) is 47.5 Å². The van der Waals surface area contributed by atoms with Crippen LogP contribution in [-0.2, 0) is 0 Å². The number of hydrogen-bond acceptors (Lipinski definition) is 8. The molecule has 4 heterocycles. The summed E-state index contributed by atoms with van der Waals surface area (Å²) in [7, 11) is 0. The van der Waals surface area contributed by atoms with Crippen LogP contribution in [-0.4, -0.2) is 55.0 Å². The maximum atomic E-state index is 14.4. The fourth-order valence-electron chi connectivity index (χ4n) is 5.10. The van der Waals surface area contributed by atoms with E-state index in [1.807, 2.05) is 19.1 Å². The van der Waals surface area contributed by atoms with Gasteiger partial charge in [0.1, 0.15) is 18.0 Å². The van der Waals surface area contributed by atoms with Crippen LogP contribution in [0.25, 0.3) is 16.9 Å². The number of halogens is 1. The SMILES string of the molecule is Cc1ncoc1C1CCC(Nc2cc(-c3ccc4cc(C#N)cnn34)ncc2C(=O)NC[C@@H](F)C(C)(C)O)CC1. The molecule has 11 heteroatoms. The number of carbonyl (C=O) groups is 1. The Morgan fingerprint density at radius 3 is 2.70 bits per heavy atom. The number of amides is 1. The largest absolute Gasteiger partial charge is 0.448 e. The Hall–Kier alpha value is -4.30. The molecule has 4 aromatic heterocycles.